The largest absolute Gasteiger partial charge is 0.480 e. The van der Waals surface area contributed by atoms with E-state index in [1.54, 1.807) is 11.8 Å². The topological polar surface area (TPSA) is 43.8 Å². The van der Waals surface area contributed by atoms with Gasteiger partial charge in [-0.3, -0.25) is 14.6 Å². The minimum atomic E-state index is -4.19. The van der Waals surface area contributed by atoms with Crippen molar-refractivity contribution in [3.63, 3.8) is 0 Å². The number of carboxylic acid groups (broad SMARTS) is 1. The van der Waals surface area contributed by atoms with E-state index in [4.69, 9.17) is 5.11 Å². The smallest absolute Gasteiger partial charge is 0.401 e. The van der Waals surface area contributed by atoms with Crippen molar-refractivity contribution in [1.82, 2.24) is 9.80 Å². The summed E-state index contributed by atoms with van der Waals surface area (Å²) in [6.07, 6.45) is -3.15. The molecule has 1 atom stereocenters. The van der Waals surface area contributed by atoms with Gasteiger partial charge in [0.15, 0.2) is 0 Å². The van der Waals surface area contributed by atoms with Crippen molar-refractivity contribution in [3.8, 4) is 0 Å². The van der Waals surface area contributed by atoms with E-state index in [0.29, 0.717) is 32.5 Å². The van der Waals surface area contributed by atoms with Crippen molar-refractivity contribution in [2.75, 3.05) is 32.7 Å². The second-order valence-electron chi connectivity index (χ2n) is 4.54. The molecule has 0 amide bonds. The van der Waals surface area contributed by atoms with Crippen LogP contribution in [0.5, 0.6) is 0 Å². The molecule has 1 fully saturated rings. The number of hydrogen-bond donors (Lipinski definition) is 1. The predicted molar refractivity (Wildman–Crippen MR) is 60.4 cm³/mol. The van der Waals surface area contributed by atoms with E-state index in [1.165, 1.54) is 4.90 Å². The van der Waals surface area contributed by atoms with Gasteiger partial charge in [-0.1, -0.05) is 6.92 Å². The van der Waals surface area contributed by atoms with E-state index >= 15 is 0 Å². The minimum absolute atomic E-state index is 0.267. The summed E-state index contributed by atoms with van der Waals surface area (Å²) < 4.78 is 36.8. The van der Waals surface area contributed by atoms with Gasteiger partial charge in [0, 0.05) is 19.6 Å². The van der Waals surface area contributed by atoms with Gasteiger partial charge in [-0.25, -0.2) is 0 Å². The molecule has 4 nitrogen and oxygen atoms in total. The quantitative estimate of drug-likeness (QED) is 0.837. The van der Waals surface area contributed by atoms with E-state index in [2.05, 4.69) is 0 Å². The number of alkyl halides is 3. The Hall–Kier alpha value is -0.820. The van der Waals surface area contributed by atoms with Crippen molar-refractivity contribution in [2.45, 2.75) is 32.0 Å². The van der Waals surface area contributed by atoms with Crippen LogP contribution in [0.4, 0.5) is 13.2 Å². The SMILES string of the molecule is CC[C@H](C(=O)O)N1CCCN(CC(F)(F)F)CC1. The van der Waals surface area contributed by atoms with Gasteiger partial charge < -0.3 is 5.11 Å². The van der Waals surface area contributed by atoms with E-state index in [9.17, 15) is 18.0 Å². The van der Waals surface area contributed by atoms with Gasteiger partial charge in [-0.2, -0.15) is 13.2 Å². The van der Waals surface area contributed by atoms with E-state index in [-0.39, 0.29) is 6.54 Å². The Morgan fingerprint density at radius 1 is 1.28 bits per heavy atom. The molecule has 1 N–H and O–H groups in total. The van der Waals surface area contributed by atoms with Crippen LogP contribution < -0.4 is 0 Å². The molecule has 0 aromatic carbocycles. The van der Waals surface area contributed by atoms with E-state index in [0.717, 1.165) is 0 Å². The highest BCUT2D eigenvalue weighted by molar-refractivity contribution is 5.73. The first kappa shape index (κ1) is 15.2. The monoisotopic (exact) mass is 268 g/mol. The van der Waals surface area contributed by atoms with Gasteiger partial charge in [0.2, 0.25) is 0 Å². The van der Waals surface area contributed by atoms with Crippen LogP contribution >= 0.6 is 0 Å². The lowest BCUT2D eigenvalue weighted by Gasteiger charge is -2.26. The maximum Gasteiger partial charge on any atom is 0.401 e. The molecular weight excluding hydrogens is 249 g/mol. The summed E-state index contributed by atoms with van der Waals surface area (Å²) in [5.74, 6) is -0.901. The molecule has 1 aliphatic rings. The number of aliphatic carboxylic acids is 1. The van der Waals surface area contributed by atoms with Crippen molar-refractivity contribution in [3.05, 3.63) is 0 Å². The molecule has 1 rings (SSSR count). The second-order valence-corrected chi connectivity index (χ2v) is 4.54. The van der Waals surface area contributed by atoms with Crippen LogP contribution in [0.1, 0.15) is 19.8 Å². The van der Waals surface area contributed by atoms with Crippen LogP contribution in [0.2, 0.25) is 0 Å². The lowest BCUT2D eigenvalue weighted by molar-refractivity contribution is -0.147. The first-order chi connectivity index (χ1) is 8.33. The van der Waals surface area contributed by atoms with Crippen LogP contribution in [0.3, 0.4) is 0 Å². The average Bonchev–Trinajstić information content (AvgIpc) is 2.42. The number of rotatable bonds is 4. The highest BCUT2D eigenvalue weighted by Crippen LogP contribution is 2.18. The summed E-state index contributed by atoms with van der Waals surface area (Å²) >= 11 is 0. The molecule has 0 aliphatic carbocycles. The van der Waals surface area contributed by atoms with Gasteiger partial charge in [0.05, 0.1) is 6.54 Å². The van der Waals surface area contributed by atoms with Gasteiger partial charge in [-0.05, 0) is 19.4 Å². The number of carboxylic acids is 1. The molecule has 0 aromatic rings. The zero-order chi connectivity index (χ0) is 13.8. The zero-order valence-electron chi connectivity index (χ0n) is 10.4. The van der Waals surface area contributed by atoms with Crippen LogP contribution in [0.25, 0.3) is 0 Å². The van der Waals surface area contributed by atoms with E-state index in [1.807, 2.05) is 0 Å². The van der Waals surface area contributed by atoms with Crippen molar-refractivity contribution in [2.24, 2.45) is 0 Å². The van der Waals surface area contributed by atoms with Crippen LogP contribution in [-0.2, 0) is 4.79 Å². The van der Waals surface area contributed by atoms with Crippen molar-refractivity contribution in [1.29, 1.82) is 0 Å². The summed E-state index contributed by atoms with van der Waals surface area (Å²) in [4.78, 5) is 14.1. The maximum atomic E-state index is 12.3. The average molecular weight is 268 g/mol. The third-order valence-electron chi connectivity index (χ3n) is 3.14. The summed E-state index contributed by atoms with van der Waals surface area (Å²) in [5, 5.41) is 9.03. The third-order valence-corrected chi connectivity index (χ3v) is 3.14. The first-order valence-corrected chi connectivity index (χ1v) is 6.09. The van der Waals surface area contributed by atoms with E-state index < -0.39 is 24.7 Å². The highest BCUT2D eigenvalue weighted by atomic mass is 19.4. The maximum absolute atomic E-state index is 12.3. The molecule has 1 saturated heterocycles. The minimum Gasteiger partial charge on any atom is -0.480 e. The Morgan fingerprint density at radius 2 is 1.94 bits per heavy atom. The van der Waals surface area contributed by atoms with Gasteiger partial charge in [0.1, 0.15) is 6.04 Å². The van der Waals surface area contributed by atoms with Crippen LogP contribution in [0, 0.1) is 0 Å². The lowest BCUT2D eigenvalue weighted by atomic mass is 10.2. The molecule has 0 aromatic heterocycles. The number of hydrogen-bond acceptors (Lipinski definition) is 3. The van der Waals surface area contributed by atoms with Crippen molar-refractivity contribution >= 4 is 5.97 Å². The molecule has 0 spiro atoms. The molecule has 0 radical (unpaired) electrons. The van der Waals surface area contributed by atoms with Crippen LogP contribution in [-0.4, -0.2) is 65.8 Å². The molecule has 106 valence electrons. The molecule has 7 heteroatoms. The predicted octanol–water partition coefficient (Wildman–Crippen LogP) is 1.42. The normalized spacial score (nSPS) is 21.6. The standard InChI is InChI=1S/C11H19F3N2O2/c1-2-9(10(17)18)16-5-3-4-15(6-7-16)8-11(12,13)14/h9H,2-8H2,1H3,(H,17,18)/t9-/m1/s1. The Morgan fingerprint density at radius 3 is 2.44 bits per heavy atom. The molecule has 0 unspecified atom stereocenters. The molecule has 1 aliphatic heterocycles. The second kappa shape index (κ2) is 6.38. The molecule has 0 bridgehead atoms. The fourth-order valence-electron chi connectivity index (χ4n) is 2.30. The summed E-state index contributed by atoms with van der Waals surface area (Å²) in [6.45, 7) is 2.41. The van der Waals surface area contributed by atoms with Gasteiger partial charge >= 0.3 is 12.1 Å². The number of halogens is 3. The summed E-state index contributed by atoms with van der Waals surface area (Å²) in [6, 6.07) is -0.587. The molecule has 1 heterocycles. The summed E-state index contributed by atoms with van der Waals surface area (Å²) in [5.41, 5.74) is 0. The highest BCUT2D eigenvalue weighted by Gasteiger charge is 2.32. The van der Waals surface area contributed by atoms with Gasteiger partial charge in [0.25, 0.3) is 0 Å². The Kier molecular flexibility index (Phi) is 5.40. The van der Waals surface area contributed by atoms with Gasteiger partial charge in [-0.15, -0.1) is 0 Å². The lowest BCUT2D eigenvalue weighted by Crippen LogP contribution is -2.43. The summed E-state index contributed by atoms with van der Waals surface area (Å²) in [7, 11) is 0. The van der Waals surface area contributed by atoms with Crippen molar-refractivity contribution < 1.29 is 23.1 Å². The third kappa shape index (κ3) is 4.81. The Labute approximate surface area is 104 Å². The number of carbonyl (C=O) groups is 1. The molecular formula is C11H19F3N2O2. The fourth-order valence-corrected chi connectivity index (χ4v) is 2.30. The number of nitrogens with zero attached hydrogens (tertiary/aromatic N) is 2. The molecule has 18 heavy (non-hydrogen) atoms. The Balaban J connectivity index is 2.53. The first-order valence-electron chi connectivity index (χ1n) is 6.09. The fraction of sp³-hybridized carbons (Fsp3) is 0.909. The van der Waals surface area contributed by atoms with Crippen LogP contribution in [0.15, 0.2) is 0 Å². The molecule has 0 saturated carbocycles. The zero-order valence-corrected chi connectivity index (χ0v) is 10.4. The Bertz CT molecular complexity index is 284.